The Balaban J connectivity index is 2.55. The minimum absolute atomic E-state index is 0.734. The first-order valence-corrected chi connectivity index (χ1v) is 5.42. The van der Waals surface area contributed by atoms with E-state index >= 15 is 0 Å². The fraction of sp³-hybridized carbons (Fsp3) is 0.222. The molecule has 0 aliphatic heterocycles. The van der Waals surface area contributed by atoms with Crippen molar-refractivity contribution in [3.63, 3.8) is 0 Å². The van der Waals surface area contributed by atoms with Crippen molar-refractivity contribution in [3.8, 4) is 0 Å². The molecule has 0 aliphatic rings. The molecule has 0 saturated carbocycles. The Labute approximate surface area is 81.0 Å². The maximum Gasteiger partial charge on any atom is 0.138 e. The molecule has 0 radical (unpaired) electrons. The van der Waals surface area contributed by atoms with Gasteiger partial charge in [-0.2, -0.15) is 11.8 Å². The number of aromatic nitrogens is 2. The fourth-order valence-corrected chi connectivity index (χ4v) is 1.73. The van der Waals surface area contributed by atoms with Crippen molar-refractivity contribution in [2.24, 2.45) is 0 Å². The number of fused-ring (bicyclic) bond motifs is 1. The van der Waals surface area contributed by atoms with Gasteiger partial charge in [0.05, 0.1) is 5.69 Å². The van der Waals surface area contributed by atoms with Crippen molar-refractivity contribution in [2.45, 2.75) is 5.75 Å². The van der Waals surface area contributed by atoms with E-state index in [9.17, 15) is 0 Å². The Morgan fingerprint density at radius 1 is 1.54 bits per heavy atom. The number of pyridine rings is 1. The molecule has 0 saturated heterocycles. The predicted octanol–water partition coefficient (Wildman–Crippen LogP) is 1.78. The van der Waals surface area contributed by atoms with Gasteiger partial charge in [0.15, 0.2) is 0 Å². The van der Waals surface area contributed by atoms with Crippen molar-refractivity contribution < 1.29 is 0 Å². The van der Waals surface area contributed by atoms with Crippen molar-refractivity contribution in [3.05, 3.63) is 30.1 Å². The van der Waals surface area contributed by atoms with Gasteiger partial charge in [0.25, 0.3) is 0 Å². The normalized spacial score (nSPS) is 10.8. The molecular formula is C9H11N3S. The van der Waals surface area contributed by atoms with Crippen LogP contribution in [0.3, 0.4) is 0 Å². The molecule has 2 aromatic rings. The van der Waals surface area contributed by atoms with E-state index in [4.69, 9.17) is 5.73 Å². The summed E-state index contributed by atoms with van der Waals surface area (Å²) in [5.74, 6) is 1.67. The van der Waals surface area contributed by atoms with E-state index in [1.54, 1.807) is 11.8 Å². The summed E-state index contributed by atoms with van der Waals surface area (Å²) in [7, 11) is 0. The van der Waals surface area contributed by atoms with E-state index < -0.39 is 0 Å². The first kappa shape index (κ1) is 8.44. The zero-order valence-corrected chi connectivity index (χ0v) is 8.21. The summed E-state index contributed by atoms with van der Waals surface area (Å²) in [6.07, 6.45) is 4.05. The van der Waals surface area contributed by atoms with Gasteiger partial charge in [-0.15, -0.1) is 0 Å². The number of hydrogen-bond acceptors (Lipinski definition) is 3. The zero-order chi connectivity index (χ0) is 9.26. The number of hydrogen-bond donors (Lipinski definition) is 1. The molecule has 0 aromatic carbocycles. The second kappa shape index (κ2) is 3.30. The summed E-state index contributed by atoms with van der Waals surface area (Å²) >= 11 is 1.76. The number of rotatable bonds is 2. The molecule has 2 N–H and O–H groups in total. The summed E-state index contributed by atoms with van der Waals surface area (Å²) in [4.78, 5) is 4.43. The van der Waals surface area contributed by atoms with Crippen LogP contribution in [0.4, 0.5) is 5.82 Å². The number of anilines is 1. The highest BCUT2D eigenvalue weighted by Crippen LogP contribution is 2.13. The van der Waals surface area contributed by atoms with Crippen molar-refractivity contribution in [2.75, 3.05) is 12.0 Å². The van der Waals surface area contributed by atoms with Gasteiger partial charge in [0, 0.05) is 11.9 Å². The lowest BCUT2D eigenvalue weighted by molar-refractivity contribution is 1.20. The quantitative estimate of drug-likeness (QED) is 0.790. The molecule has 0 spiro atoms. The minimum atomic E-state index is 0.734. The molecule has 13 heavy (non-hydrogen) atoms. The maximum absolute atomic E-state index is 5.78. The molecule has 2 aromatic heterocycles. The van der Waals surface area contributed by atoms with Gasteiger partial charge in [0.1, 0.15) is 11.5 Å². The molecule has 0 bridgehead atoms. The van der Waals surface area contributed by atoms with Gasteiger partial charge >= 0.3 is 0 Å². The fourth-order valence-electron chi connectivity index (χ4n) is 1.30. The SMILES string of the molecule is CSCc1cn2c(N)cccc2n1. The van der Waals surface area contributed by atoms with E-state index in [2.05, 4.69) is 11.2 Å². The second-order valence-corrected chi connectivity index (χ2v) is 3.71. The monoisotopic (exact) mass is 193 g/mol. The van der Waals surface area contributed by atoms with Crippen LogP contribution in [0.25, 0.3) is 5.65 Å². The molecule has 2 rings (SSSR count). The topological polar surface area (TPSA) is 43.3 Å². The largest absolute Gasteiger partial charge is 0.385 e. The minimum Gasteiger partial charge on any atom is -0.385 e. The Morgan fingerprint density at radius 2 is 2.38 bits per heavy atom. The highest BCUT2D eigenvalue weighted by atomic mass is 32.2. The number of nitrogens with two attached hydrogens (primary N) is 1. The van der Waals surface area contributed by atoms with E-state index in [0.717, 1.165) is 22.9 Å². The van der Waals surface area contributed by atoms with Crippen molar-refractivity contribution >= 4 is 23.2 Å². The van der Waals surface area contributed by atoms with E-state index in [1.165, 1.54) is 0 Å². The van der Waals surface area contributed by atoms with Gasteiger partial charge in [-0.25, -0.2) is 4.98 Å². The number of thioether (sulfide) groups is 1. The Kier molecular flexibility index (Phi) is 2.14. The third-order valence-electron chi connectivity index (χ3n) is 1.87. The molecule has 4 heteroatoms. The van der Waals surface area contributed by atoms with Gasteiger partial charge in [-0.3, -0.25) is 4.40 Å². The molecule has 0 amide bonds. The molecule has 0 unspecified atom stereocenters. The molecule has 0 atom stereocenters. The average molecular weight is 193 g/mol. The smallest absolute Gasteiger partial charge is 0.138 e. The van der Waals surface area contributed by atoms with Crippen LogP contribution in [-0.4, -0.2) is 15.6 Å². The first-order valence-electron chi connectivity index (χ1n) is 4.02. The van der Waals surface area contributed by atoms with Gasteiger partial charge < -0.3 is 5.73 Å². The van der Waals surface area contributed by atoms with Crippen molar-refractivity contribution in [1.29, 1.82) is 0 Å². The third kappa shape index (κ3) is 1.49. The van der Waals surface area contributed by atoms with Crippen LogP contribution in [0.5, 0.6) is 0 Å². The average Bonchev–Trinajstić information content (AvgIpc) is 2.49. The highest BCUT2D eigenvalue weighted by molar-refractivity contribution is 7.97. The third-order valence-corrected chi connectivity index (χ3v) is 2.45. The van der Waals surface area contributed by atoms with Crippen LogP contribution in [0.15, 0.2) is 24.4 Å². The van der Waals surface area contributed by atoms with Gasteiger partial charge in [0.2, 0.25) is 0 Å². The molecular weight excluding hydrogens is 182 g/mol. The summed E-state index contributed by atoms with van der Waals surface area (Å²) in [6.45, 7) is 0. The van der Waals surface area contributed by atoms with Crippen LogP contribution >= 0.6 is 11.8 Å². The van der Waals surface area contributed by atoms with E-state index in [-0.39, 0.29) is 0 Å². The Morgan fingerprint density at radius 3 is 3.08 bits per heavy atom. The van der Waals surface area contributed by atoms with Crippen LogP contribution in [0.2, 0.25) is 0 Å². The van der Waals surface area contributed by atoms with Crippen LogP contribution in [0.1, 0.15) is 5.69 Å². The van der Waals surface area contributed by atoms with Crippen LogP contribution in [-0.2, 0) is 5.75 Å². The molecule has 3 nitrogen and oxygen atoms in total. The lowest BCUT2D eigenvalue weighted by Crippen LogP contribution is -1.93. The number of imidazole rings is 1. The number of nitrogens with zero attached hydrogens (tertiary/aromatic N) is 2. The van der Waals surface area contributed by atoms with Gasteiger partial charge in [-0.05, 0) is 18.4 Å². The lowest BCUT2D eigenvalue weighted by atomic mass is 10.4. The van der Waals surface area contributed by atoms with Crippen LogP contribution in [0, 0.1) is 0 Å². The predicted molar refractivity (Wildman–Crippen MR) is 56.8 cm³/mol. The summed E-state index contributed by atoms with van der Waals surface area (Å²) < 4.78 is 1.91. The summed E-state index contributed by atoms with van der Waals surface area (Å²) in [5.41, 5.74) is 7.78. The standard InChI is InChI=1S/C9H11N3S/c1-13-6-7-5-12-8(10)3-2-4-9(12)11-7/h2-5H,6,10H2,1H3. The second-order valence-electron chi connectivity index (χ2n) is 2.84. The summed E-state index contributed by atoms with van der Waals surface area (Å²) in [6, 6.07) is 5.75. The zero-order valence-electron chi connectivity index (χ0n) is 7.40. The molecule has 68 valence electrons. The molecule has 0 fully saturated rings. The lowest BCUT2D eigenvalue weighted by Gasteiger charge is -1.95. The molecule has 0 aliphatic carbocycles. The summed E-state index contributed by atoms with van der Waals surface area (Å²) in [5, 5.41) is 0. The highest BCUT2D eigenvalue weighted by Gasteiger charge is 2.01. The number of nitrogen functional groups attached to an aromatic ring is 1. The van der Waals surface area contributed by atoms with Crippen LogP contribution < -0.4 is 5.73 Å². The Bertz CT molecular complexity index is 422. The van der Waals surface area contributed by atoms with E-state index in [0.29, 0.717) is 0 Å². The van der Waals surface area contributed by atoms with Crippen molar-refractivity contribution in [1.82, 2.24) is 9.38 Å². The maximum atomic E-state index is 5.78. The first-order chi connectivity index (χ1) is 6.31. The van der Waals surface area contributed by atoms with Gasteiger partial charge in [-0.1, -0.05) is 6.07 Å². The Hall–Kier alpha value is -1.16. The van der Waals surface area contributed by atoms with E-state index in [1.807, 2.05) is 28.8 Å². The molecule has 2 heterocycles.